The number of ether oxygens (including phenoxy) is 1. The molecule has 1 N–H and O–H groups in total. The molecule has 3 heterocycles. The average molecular weight is 479 g/mol. The highest BCUT2D eigenvalue weighted by atomic mass is 16.5. The topological polar surface area (TPSA) is 54.5 Å². The zero-order valence-corrected chi connectivity index (χ0v) is 21.3. The molecule has 3 aliphatic heterocycles. The summed E-state index contributed by atoms with van der Waals surface area (Å²) in [5.74, 6) is 0.928. The molecule has 3 aliphatic rings. The van der Waals surface area contributed by atoms with Crippen molar-refractivity contribution in [1.82, 2.24) is 14.7 Å². The van der Waals surface area contributed by atoms with Gasteiger partial charge in [-0.25, -0.2) is 4.79 Å². The first-order valence-corrected chi connectivity index (χ1v) is 12.7. The van der Waals surface area contributed by atoms with Gasteiger partial charge in [0.1, 0.15) is 5.75 Å². The summed E-state index contributed by atoms with van der Waals surface area (Å²) >= 11 is 0. The quantitative estimate of drug-likeness (QED) is 0.730. The number of hydrogen-bond donors (Lipinski definition) is 1. The van der Waals surface area contributed by atoms with Crippen LogP contribution >= 0.6 is 0 Å². The molecule has 0 bridgehead atoms. The summed E-state index contributed by atoms with van der Waals surface area (Å²) in [7, 11) is 6.07. The number of nitrogens with one attached hydrogen (secondary N) is 1. The molecule has 2 aromatic rings. The Morgan fingerprint density at radius 2 is 1.40 bits per heavy atom. The Morgan fingerprint density at radius 3 is 2.03 bits per heavy atom. The number of likely N-dealkylation sites (N-methyl/N-ethyl adjacent to an activating group) is 2. The first-order chi connectivity index (χ1) is 17.0. The summed E-state index contributed by atoms with van der Waals surface area (Å²) in [5.41, 5.74) is 5.75. The lowest BCUT2D eigenvalue weighted by Gasteiger charge is -2.38. The summed E-state index contributed by atoms with van der Waals surface area (Å²) in [6.45, 7) is 9.61. The smallest absolute Gasteiger partial charge is 0.322 e. The lowest BCUT2D eigenvalue weighted by atomic mass is 9.96. The number of carbonyl (C=O) groups is 1. The summed E-state index contributed by atoms with van der Waals surface area (Å²) in [6.07, 6.45) is 0.801. The molecule has 0 atom stereocenters. The second kappa shape index (κ2) is 10.3. The van der Waals surface area contributed by atoms with Crippen LogP contribution in [-0.4, -0.2) is 101 Å². The second-order valence-electron chi connectivity index (χ2n) is 9.97. The Hall–Kier alpha value is -2.97. The van der Waals surface area contributed by atoms with Crippen molar-refractivity contribution in [3.8, 4) is 5.75 Å². The third-order valence-corrected chi connectivity index (χ3v) is 7.68. The van der Waals surface area contributed by atoms with Crippen LogP contribution < -0.4 is 19.9 Å². The number of urea groups is 1. The standard InChI is InChI=1S/C27H38N6O2/c1-29-12-16-31(17-13-29)22-6-4-21(5-7-22)28-27(34)33-11-10-23-24(20-33)25(8-9-26(23)35-3)32-18-14-30(2)15-19-32/h4-9H,10-20H2,1-3H3,(H,28,34). The number of anilines is 3. The maximum Gasteiger partial charge on any atom is 0.322 e. The van der Waals surface area contributed by atoms with E-state index in [0.717, 1.165) is 70.2 Å². The van der Waals surface area contributed by atoms with E-state index in [2.05, 4.69) is 63.3 Å². The van der Waals surface area contributed by atoms with Gasteiger partial charge >= 0.3 is 6.03 Å². The van der Waals surface area contributed by atoms with Gasteiger partial charge in [-0.15, -0.1) is 0 Å². The van der Waals surface area contributed by atoms with Crippen LogP contribution in [0.1, 0.15) is 11.1 Å². The molecule has 35 heavy (non-hydrogen) atoms. The van der Waals surface area contributed by atoms with E-state index in [4.69, 9.17) is 4.74 Å². The zero-order chi connectivity index (χ0) is 24.4. The first kappa shape index (κ1) is 23.8. The molecule has 2 amide bonds. The van der Waals surface area contributed by atoms with E-state index in [0.29, 0.717) is 13.1 Å². The van der Waals surface area contributed by atoms with Gasteiger partial charge in [-0.1, -0.05) is 0 Å². The van der Waals surface area contributed by atoms with Gasteiger partial charge in [-0.3, -0.25) is 0 Å². The van der Waals surface area contributed by atoms with Gasteiger partial charge < -0.3 is 34.6 Å². The van der Waals surface area contributed by atoms with E-state index in [-0.39, 0.29) is 6.03 Å². The zero-order valence-electron chi connectivity index (χ0n) is 21.3. The number of fused-ring (bicyclic) bond motifs is 1. The van der Waals surface area contributed by atoms with Crippen molar-refractivity contribution in [1.29, 1.82) is 0 Å². The molecule has 0 unspecified atom stereocenters. The molecule has 0 radical (unpaired) electrons. The van der Waals surface area contributed by atoms with Crippen molar-refractivity contribution in [3.63, 3.8) is 0 Å². The fraction of sp³-hybridized carbons (Fsp3) is 0.519. The highest BCUT2D eigenvalue weighted by Crippen LogP contribution is 2.36. The molecule has 0 spiro atoms. The van der Waals surface area contributed by atoms with Gasteiger partial charge in [0, 0.05) is 93.6 Å². The van der Waals surface area contributed by atoms with Crippen LogP contribution in [0.3, 0.4) is 0 Å². The Morgan fingerprint density at radius 1 is 0.771 bits per heavy atom. The first-order valence-electron chi connectivity index (χ1n) is 12.7. The number of benzene rings is 2. The van der Waals surface area contributed by atoms with Gasteiger partial charge in [0.15, 0.2) is 0 Å². The van der Waals surface area contributed by atoms with Crippen molar-refractivity contribution in [3.05, 3.63) is 47.5 Å². The van der Waals surface area contributed by atoms with Crippen LogP contribution in [0.25, 0.3) is 0 Å². The van der Waals surface area contributed by atoms with Crippen LogP contribution in [0.15, 0.2) is 36.4 Å². The average Bonchev–Trinajstić information content (AvgIpc) is 2.89. The number of methoxy groups -OCH3 is 1. The maximum absolute atomic E-state index is 13.2. The van der Waals surface area contributed by atoms with Crippen LogP contribution in [0.4, 0.5) is 21.9 Å². The third kappa shape index (κ3) is 5.18. The summed E-state index contributed by atoms with van der Waals surface area (Å²) in [5, 5.41) is 3.12. The van der Waals surface area contributed by atoms with Crippen LogP contribution in [0, 0.1) is 0 Å². The molecule has 0 saturated carbocycles. The van der Waals surface area contributed by atoms with Crippen LogP contribution in [-0.2, 0) is 13.0 Å². The van der Waals surface area contributed by atoms with Gasteiger partial charge in [0.2, 0.25) is 0 Å². The molecule has 2 saturated heterocycles. The maximum atomic E-state index is 13.2. The number of rotatable bonds is 4. The Kier molecular flexibility index (Phi) is 7.02. The minimum absolute atomic E-state index is 0.0462. The van der Waals surface area contributed by atoms with E-state index < -0.39 is 0 Å². The monoisotopic (exact) mass is 478 g/mol. The number of hydrogen-bond acceptors (Lipinski definition) is 6. The molecule has 0 aromatic heterocycles. The van der Waals surface area contributed by atoms with E-state index in [1.54, 1.807) is 7.11 Å². The third-order valence-electron chi connectivity index (χ3n) is 7.68. The molecule has 2 aromatic carbocycles. The molecular weight excluding hydrogens is 440 g/mol. The van der Waals surface area contributed by atoms with E-state index in [1.807, 2.05) is 17.0 Å². The van der Waals surface area contributed by atoms with Crippen molar-refractivity contribution < 1.29 is 9.53 Å². The number of amides is 2. The van der Waals surface area contributed by atoms with Gasteiger partial charge in [0.25, 0.3) is 0 Å². The SMILES string of the molecule is COc1ccc(N2CCN(C)CC2)c2c1CCN(C(=O)Nc1ccc(N3CCN(C)CC3)cc1)C2. The molecule has 188 valence electrons. The van der Waals surface area contributed by atoms with Crippen molar-refractivity contribution in [2.24, 2.45) is 0 Å². The number of carbonyl (C=O) groups excluding carboxylic acids is 1. The van der Waals surface area contributed by atoms with Crippen molar-refractivity contribution >= 4 is 23.1 Å². The van der Waals surface area contributed by atoms with Gasteiger partial charge in [-0.05, 0) is 56.9 Å². The number of piperazine rings is 2. The van der Waals surface area contributed by atoms with Crippen molar-refractivity contribution in [2.75, 3.05) is 95.2 Å². The largest absolute Gasteiger partial charge is 0.496 e. The molecule has 2 fully saturated rings. The lowest BCUT2D eigenvalue weighted by molar-refractivity contribution is 0.206. The van der Waals surface area contributed by atoms with Crippen LogP contribution in [0.2, 0.25) is 0 Å². The Balaban J connectivity index is 1.27. The lowest BCUT2D eigenvalue weighted by Crippen LogP contribution is -2.46. The Labute approximate surface area is 209 Å². The minimum atomic E-state index is -0.0462. The highest BCUT2D eigenvalue weighted by molar-refractivity contribution is 5.90. The summed E-state index contributed by atoms with van der Waals surface area (Å²) in [6, 6.07) is 12.5. The number of nitrogens with zero attached hydrogens (tertiary/aromatic N) is 5. The molecule has 5 rings (SSSR count). The van der Waals surface area contributed by atoms with Gasteiger partial charge in [0.05, 0.1) is 7.11 Å². The minimum Gasteiger partial charge on any atom is -0.496 e. The normalized spacial score (nSPS) is 19.5. The van der Waals surface area contributed by atoms with Gasteiger partial charge in [-0.2, -0.15) is 0 Å². The fourth-order valence-corrected chi connectivity index (χ4v) is 5.36. The molecular formula is C27H38N6O2. The van der Waals surface area contributed by atoms with Crippen molar-refractivity contribution in [2.45, 2.75) is 13.0 Å². The second-order valence-corrected chi connectivity index (χ2v) is 9.97. The molecule has 0 aliphatic carbocycles. The van der Waals surface area contributed by atoms with E-state index >= 15 is 0 Å². The van der Waals surface area contributed by atoms with Crippen LogP contribution in [0.5, 0.6) is 5.75 Å². The summed E-state index contributed by atoms with van der Waals surface area (Å²) in [4.78, 5) is 24.7. The predicted octanol–water partition coefficient (Wildman–Crippen LogP) is 2.79. The molecule has 8 nitrogen and oxygen atoms in total. The predicted molar refractivity (Wildman–Crippen MR) is 142 cm³/mol. The summed E-state index contributed by atoms with van der Waals surface area (Å²) < 4.78 is 5.68. The fourth-order valence-electron chi connectivity index (χ4n) is 5.36. The van der Waals surface area contributed by atoms with E-state index in [1.165, 1.54) is 22.5 Å². The Bertz CT molecular complexity index is 1030. The molecule has 8 heteroatoms. The highest BCUT2D eigenvalue weighted by Gasteiger charge is 2.28. The van der Waals surface area contributed by atoms with E-state index in [9.17, 15) is 4.79 Å².